The van der Waals surface area contributed by atoms with Crippen molar-refractivity contribution in [2.75, 3.05) is 0 Å². The first-order chi connectivity index (χ1) is 28.7. The van der Waals surface area contributed by atoms with E-state index in [0.29, 0.717) is 6.17 Å². The molecule has 0 aromatic carbocycles. The minimum absolute atomic E-state index is 0.581. The molecule has 3 heterocycles. The quantitative estimate of drug-likeness (QED) is 0.271. The second-order valence-corrected chi connectivity index (χ2v) is 25.7. The van der Waals surface area contributed by atoms with Crippen molar-refractivity contribution in [2.45, 2.75) is 246 Å². The van der Waals surface area contributed by atoms with Gasteiger partial charge in [0.2, 0.25) is 0 Å². The third kappa shape index (κ3) is 7.23. The highest BCUT2D eigenvalue weighted by Gasteiger charge is 2.57. The highest BCUT2D eigenvalue weighted by Crippen LogP contribution is 2.59. The standard InChI is InChI=1S/C54H87N3S/c1-2-12-36(13-3-1)53-44-18-6-9-19-47(44)55-54(56-53)43-28-30-49(40-15-5-4-14-39(40)43)57-48-20-10-7-16-41(48)45-32-37(26-29-50(45)57)34-22-24-35(25-23-34)38-27-31-52-46(33-38)42-17-8-11-21-51(42)58-52/h10,20,34-56H,1-9,11-19,21-33H2. The normalized spacial score (nSPS) is 53.7. The number of hydrogen-bond acceptors (Lipinski definition) is 4. The lowest BCUT2D eigenvalue weighted by Gasteiger charge is -2.57. The fourth-order valence-electron chi connectivity index (χ4n) is 19.6. The first kappa shape index (κ1) is 39.6. The molecule has 0 aromatic rings. The van der Waals surface area contributed by atoms with Gasteiger partial charge in [-0.05, 0) is 218 Å². The Morgan fingerprint density at radius 3 is 1.84 bits per heavy atom. The van der Waals surface area contributed by atoms with Crippen LogP contribution < -0.4 is 10.6 Å². The summed E-state index contributed by atoms with van der Waals surface area (Å²) >= 11 is 2.48. The average Bonchev–Trinajstić information content (AvgIpc) is 3.83. The predicted molar refractivity (Wildman–Crippen MR) is 244 cm³/mol. The Kier molecular flexibility index (Phi) is 11.7. The van der Waals surface area contributed by atoms with E-state index < -0.39 is 0 Å². The zero-order valence-corrected chi connectivity index (χ0v) is 37.9. The number of hydrogen-bond donors (Lipinski definition) is 2. The number of rotatable bonds is 5. The van der Waals surface area contributed by atoms with Crippen molar-refractivity contribution in [3.05, 3.63) is 12.2 Å². The molecule has 324 valence electrons. The van der Waals surface area contributed by atoms with Crippen molar-refractivity contribution in [1.82, 2.24) is 15.5 Å². The topological polar surface area (TPSA) is 27.3 Å². The van der Waals surface area contributed by atoms with Gasteiger partial charge in [0.05, 0.1) is 6.17 Å². The Morgan fingerprint density at radius 2 is 1.02 bits per heavy atom. The first-order valence-electron chi connectivity index (χ1n) is 27.4. The van der Waals surface area contributed by atoms with Gasteiger partial charge >= 0.3 is 0 Å². The Labute approximate surface area is 360 Å². The smallest absolute Gasteiger partial charge is 0.0608 e. The molecule has 3 aliphatic heterocycles. The highest BCUT2D eigenvalue weighted by atomic mass is 32.2. The molecule has 0 bridgehead atoms. The summed E-state index contributed by atoms with van der Waals surface area (Å²) in [6.07, 6.45) is 53.3. The van der Waals surface area contributed by atoms with Crippen LogP contribution in [-0.4, -0.2) is 51.8 Å². The number of thioether (sulfide) groups is 1. The molecule has 0 radical (unpaired) electrons. The fraction of sp³-hybridized carbons (Fsp3) is 0.963. The van der Waals surface area contributed by atoms with Gasteiger partial charge in [0.1, 0.15) is 0 Å². The van der Waals surface area contributed by atoms with Crippen LogP contribution in [0.25, 0.3) is 0 Å². The van der Waals surface area contributed by atoms with E-state index in [-0.39, 0.29) is 0 Å². The van der Waals surface area contributed by atoms with Crippen LogP contribution in [0.4, 0.5) is 0 Å². The summed E-state index contributed by atoms with van der Waals surface area (Å²) in [4.78, 5) is 3.34. The molecule has 4 heteroatoms. The Morgan fingerprint density at radius 1 is 0.397 bits per heavy atom. The molecular formula is C54H87N3S. The summed E-state index contributed by atoms with van der Waals surface area (Å²) in [7, 11) is 0. The average molecular weight is 810 g/mol. The van der Waals surface area contributed by atoms with Gasteiger partial charge in [-0.1, -0.05) is 69.9 Å². The van der Waals surface area contributed by atoms with Crippen LogP contribution in [0.3, 0.4) is 0 Å². The van der Waals surface area contributed by atoms with Crippen molar-refractivity contribution >= 4 is 11.8 Å². The Hall–Kier alpha value is -0.0300. The summed E-state index contributed by atoms with van der Waals surface area (Å²) in [6.45, 7) is 0. The van der Waals surface area contributed by atoms with Crippen LogP contribution >= 0.6 is 11.8 Å². The molecule has 11 fully saturated rings. The lowest BCUT2D eigenvalue weighted by Crippen LogP contribution is -2.69. The molecule has 12 aliphatic rings. The van der Waals surface area contributed by atoms with Crippen LogP contribution in [0.15, 0.2) is 12.2 Å². The Bertz CT molecular complexity index is 1420. The molecular weight excluding hydrogens is 723 g/mol. The number of likely N-dealkylation sites (tertiary alicyclic amines) is 1. The monoisotopic (exact) mass is 810 g/mol. The van der Waals surface area contributed by atoms with Crippen LogP contribution in [0.1, 0.15) is 199 Å². The summed E-state index contributed by atoms with van der Waals surface area (Å²) in [5.74, 6) is 13.0. The maximum atomic E-state index is 4.54. The third-order valence-corrected chi connectivity index (χ3v) is 23.9. The minimum atomic E-state index is 0.581. The first-order valence-corrected chi connectivity index (χ1v) is 28.3. The number of fused-ring (bicyclic) bond motifs is 8. The van der Waals surface area contributed by atoms with E-state index in [2.05, 4.69) is 39.4 Å². The molecule has 0 amide bonds. The number of nitrogens with zero attached hydrogens (tertiary/aromatic N) is 1. The van der Waals surface area contributed by atoms with Gasteiger partial charge in [0.15, 0.2) is 0 Å². The lowest BCUT2D eigenvalue weighted by molar-refractivity contribution is -0.0490. The fourth-order valence-corrected chi connectivity index (χ4v) is 21.6. The Balaban J connectivity index is 0.711. The van der Waals surface area contributed by atoms with Gasteiger partial charge in [-0.2, -0.15) is 11.8 Å². The van der Waals surface area contributed by atoms with Crippen LogP contribution in [0, 0.1) is 76.9 Å². The van der Waals surface area contributed by atoms with Crippen molar-refractivity contribution < 1.29 is 0 Å². The van der Waals surface area contributed by atoms with E-state index >= 15 is 0 Å². The number of allylic oxidation sites excluding steroid dienone is 1. The summed E-state index contributed by atoms with van der Waals surface area (Å²) in [5, 5.41) is 11.1. The largest absolute Gasteiger partial charge is 0.299 e. The molecule has 0 aromatic heterocycles. The maximum absolute atomic E-state index is 4.54. The molecule has 2 N–H and O–H groups in total. The van der Waals surface area contributed by atoms with Gasteiger partial charge in [-0.25, -0.2) is 0 Å². The van der Waals surface area contributed by atoms with Crippen LogP contribution in [-0.2, 0) is 0 Å². The SMILES string of the molecule is C1=CC2C(CC1)C1CC(C3CCC(C4CCC5SC6CCCCC6C5C4)CC3)CCC1N2C1CCC(C2NC3CCCCC3C(C3CCCCC3)N2)C2CCCCC21. The van der Waals surface area contributed by atoms with E-state index in [4.69, 9.17) is 0 Å². The zero-order valence-electron chi connectivity index (χ0n) is 37.1. The molecule has 58 heavy (non-hydrogen) atoms. The molecule has 18 atom stereocenters. The molecule has 18 unspecified atom stereocenters. The van der Waals surface area contributed by atoms with E-state index in [1.54, 1.807) is 77.0 Å². The van der Waals surface area contributed by atoms with Crippen molar-refractivity contribution in [3.63, 3.8) is 0 Å². The molecule has 3 nitrogen and oxygen atoms in total. The van der Waals surface area contributed by atoms with Gasteiger partial charge in [0, 0.05) is 40.7 Å². The number of nitrogens with one attached hydrogen (secondary N) is 2. The van der Waals surface area contributed by atoms with Gasteiger partial charge in [0.25, 0.3) is 0 Å². The van der Waals surface area contributed by atoms with E-state index in [1.807, 2.05) is 0 Å². The van der Waals surface area contributed by atoms with E-state index in [1.165, 1.54) is 122 Å². The predicted octanol–water partition coefficient (Wildman–Crippen LogP) is 12.9. The molecule has 8 saturated carbocycles. The van der Waals surface area contributed by atoms with Crippen molar-refractivity contribution in [1.29, 1.82) is 0 Å². The maximum Gasteiger partial charge on any atom is 0.0608 e. The minimum Gasteiger partial charge on any atom is -0.299 e. The highest BCUT2D eigenvalue weighted by molar-refractivity contribution is 8.00. The van der Waals surface area contributed by atoms with E-state index in [9.17, 15) is 0 Å². The van der Waals surface area contributed by atoms with Gasteiger partial charge in [-0.3, -0.25) is 15.5 Å². The summed E-state index contributed by atoms with van der Waals surface area (Å²) in [5.41, 5.74) is 0. The van der Waals surface area contributed by atoms with Gasteiger partial charge in [-0.15, -0.1) is 0 Å². The molecule has 0 spiro atoms. The lowest BCUT2D eigenvalue weighted by atomic mass is 9.60. The molecule has 9 aliphatic carbocycles. The van der Waals surface area contributed by atoms with Crippen LogP contribution in [0.5, 0.6) is 0 Å². The summed E-state index contributed by atoms with van der Waals surface area (Å²) in [6, 6.07) is 4.10. The third-order valence-electron chi connectivity index (χ3n) is 22.0. The molecule has 3 saturated heterocycles. The van der Waals surface area contributed by atoms with Crippen LogP contribution in [0.2, 0.25) is 0 Å². The van der Waals surface area contributed by atoms with Gasteiger partial charge < -0.3 is 0 Å². The molecule has 12 rings (SSSR count). The van der Waals surface area contributed by atoms with E-state index in [0.717, 1.165) is 118 Å². The second kappa shape index (κ2) is 17.2. The van der Waals surface area contributed by atoms with Crippen molar-refractivity contribution in [2.24, 2.45) is 76.9 Å². The zero-order chi connectivity index (χ0) is 38.2. The second-order valence-electron chi connectivity index (χ2n) is 24.2. The summed E-state index contributed by atoms with van der Waals surface area (Å²) < 4.78 is 0. The van der Waals surface area contributed by atoms with Crippen molar-refractivity contribution in [3.8, 4) is 0 Å².